The van der Waals surface area contributed by atoms with Gasteiger partial charge in [-0.15, -0.1) is 0 Å². The third-order valence-corrected chi connectivity index (χ3v) is 6.17. The molecule has 1 aliphatic heterocycles. The molecule has 0 aliphatic carbocycles. The predicted octanol–water partition coefficient (Wildman–Crippen LogP) is 6.29. The number of aromatic hydroxyl groups is 1. The number of benzene rings is 1. The van der Waals surface area contributed by atoms with Crippen molar-refractivity contribution in [1.82, 2.24) is 0 Å². The van der Waals surface area contributed by atoms with E-state index in [4.69, 9.17) is 9.15 Å². The summed E-state index contributed by atoms with van der Waals surface area (Å²) in [6.07, 6.45) is 7.62. The highest BCUT2D eigenvalue weighted by molar-refractivity contribution is 6.12. The summed E-state index contributed by atoms with van der Waals surface area (Å²) in [6, 6.07) is 1.48. The number of phenolic OH excluding ortho intramolecular Hbond substituents is 1. The second-order valence-electron chi connectivity index (χ2n) is 9.21. The first-order valence-electron chi connectivity index (χ1n) is 11.5. The summed E-state index contributed by atoms with van der Waals surface area (Å²) in [5, 5.41) is 11.9. The van der Waals surface area contributed by atoms with Crippen LogP contribution in [0.15, 0.2) is 38.6 Å². The molecule has 0 fully saturated rings. The second-order valence-corrected chi connectivity index (χ2v) is 9.21. The molecular weight excluding hydrogens is 404 g/mol. The number of carbonyl (C=O) groups is 1. The minimum absolute atomic E-state index is 0.0980. The first-order chi connectivity index (χ1) is 15.1. The Morgan fingerprint density at radius 3 is 2.66 bits per heavy atom. The molecule has 2 aromatic rings. The maximum Gasteiger partial charge on any atom is 0.336 e. The molecule has 0 radical (unpaired) electrons. The van der Waals surface area contributed by atoms with Gasteiger partial charge in [-0.2, -0.15) is 0 Å². The van der Waals surface area contributed by atoms with E-state index < -0.39 is 5.63 Å². The van der Waals surface area contributed by atoms with E-state index in [0.717, 1.165) is 18.4 Å². The van der Waals surface area contributed by atoms with E-state index in [0.29, 0.717) is 36.0 Å². The molecule has 0 saturated heterocycles. The number of carbonyl (C=O) groups excluding carboxylic acids is 1. The molecule has 32 heavy (non-hydrogen) atoms. The van der Waals surface area contributed by atoms with Crippen LogP contribution in [0.3, 0.4) is 0 Å². The van der Waals surface area contributed by atoms with Gasteiger partial charge < -0.3 is 14.3 Å². The highest BCUT2D eigenvalue weighted by atomic mass is 16.5. The maximum absolute atomic E-state index is 13.2. The van der Waals surface area contributed by atoms with E-state index in [1.807, 2.05) is 20.8 Å². The second kappa shape index (κ2) is 9.76. The normalized spacial score (nSPS) is 16.6. The summed E-state index contributed by atoms with van der Waals surface area (Å²) >= 11 is 0. The Balaban J connectivity index is 2.19. The van der Waals surface area contributed by atoms with Gasteiger partial charge in [-0.1, -0.05) is 37.1 Å². The number of hydrogen-bond acceptors (Lipinski definition) is 5. The molecular formula is C27H34O5. The van der Waals surface area contributed by atoms with Crippen LogP contribution in [-0.4, -0.2) is 17.0 Å². The quantitative estimate of drug-likeness (QED) is 0.298. The van der Waals surface area contributed by atoms with E-state index in [-0.39, 0.29) is 34.7 Å². The number of ketones is 1. The fraction of sp³-hybridized carbons (Fsp3) is 0.481. The van der Waals surface area contributed by atoms with Crippen molar-refractivity contribution in [1.29, 1.82) is 0 Å². The van der Waals surface area contributed by atoms with Crippen LogP contribution < -0.4 is 10.4 Å². The summed E-state index contributed by atoms with van der Waals surface area (Å²) in [5.41, 5.74) is 3.59. The van der Waals surface area contributed by atoms with Crippen molar-refractivity contribution in [2.45, 2.75) is 79.8 Å². The van der Waals surface area contributed by atoms with E-state index in [1.54, 1.807) is 0 Å². The molecule has 0 amide bonds. The molecule has 2 atom stereocenters. The van der Waals surface area contributed by atoms with Crippen molar-refractivity contribution in [2.75, 3.05) is 0 Å². The van der Waals surface area contributed by atoms with Gasteiger partial charge in [0, 0.05) is 24.0 Å². The zero-order valence-electron chi connectivity index (χ0n) is 20.0. The highest BCUT2D eigenvalue weighted by Gasteiger charge is 2.32. The Kier molecular flexibility index (Phi) is 7.27. The molecule has 172 valence electrons. The van der Waals surface area contributed by atoms with E-state index in [2.05, 4.69) is 32.9 Å². The zero-order valence-corrected chi connectivity index (χ0v) is 20.0. The standard InChI is InChI=1S/C27H34O5/c1-7-17(5)24(29)23-25(30)20(12-11-16(4)10-8-9-15(2)3)26-22-19(13-18(6)31-26)14-21(28)32-27(22)23/h9,11,14,17-18,30H,7-8,10,12-13H2,1-6H3/t17-,18+/m1/s1. The van der Waals surface area contributed by atoms with Crippen LogP contribution in [0.4, 0.5) is 0 Å². The van der Waals surface area contributed by atoms with Crippen molar-refractivity contribution in [2.24, 2.45) is 5.92 Å². The molecule has 5 nitrogen and oxygen atoms in total. The number of ether oxygens (including phenoxy) is 1. The number of rotatable bonds is 8. The molecule has 0 unspecified atom stereocenters. The SMILES string of the molecule is CC[C@@H](C)C(=O)c1c(O)c(CC=C(C)CCC=C(C)C)c2c3c(cc(=O)oc13)C[C@H](C)O2. The van der Waals surface area contributed by atoms with E-state index in [9.17, 15) is 14.7 Å². The predicted molar refractivity (Wildman–Crippen MR) is 128 cm³/mol. The van der Waals surface area contributed by atoms with Gasteiger partial charge in [0.2, 0.25) is 0 Å². The minimum atomic E-state index is -0.520. The fourth-order valence-electron chi connectivity index (χ4n) is 4.14. The number of hydrogen-bond donors (Lipinski definition) is 1. The molecule has 5 heteroatoms. The molecule has 1 N–H and O–H groups in total. The number of Topliss-reactive ketones (excluding diaryl/α,β-unsaturated/α-hetero) is 1. The van der Waals surface area contributed by atoms with Crippen molar-refractivity contribution in [3.63, 3.8) is 0 Å². The zero-order chi connectivity index (χ0) is 23.6. The van der Waals surface area contributed by atoms with Crippen molar-refractivity contribution >= 4 is 16.8 Å². The third-order valence-electron chi connectivity index (χ3n) is 6.17. The van der Waals surface area contributed by atoms with Gasteiger partial charge in [-0.25, -0.2) is 4.79 Å². The van der Waals surface area contributed by atoms with Crippen LogP contribution >= 0.6 is 0 Å². The van der Waals surface area contributed by atoms with Gasteiger partial charge >= 0.3 is 5.63 Å². The Hall–Kier alpha value is -2.82. The first-order valence-corrected chi connectivity index (χ1v) is 11.5. The van der Waals surface area contributed by atoms with Gasteiger partial charge in [0.1, 0.15) is 23.2 Å². The average molecular weight is 439 g/mol. The van der Waals surface area contributed by atoms with Crippen molar-refractivity contribution in [3.05, 3.63) is 56.5 Å². The van der Waals surface area contributed by atoms with Gasteiger partial charge in [-0.05, 0) is 58.9 Å². The van der Waals surface area contributed by atoms with E-state index >= 15 is 0 Å². The smallest absolute Gasteiger partial charge is 0.336 e. The molecule has 0 spiro atoms. The molecule has 1 aromatic heterocycles. The summed E-state index contributed by atoms with van der Waals surface area (Å²) < 4.78 is 11.6. The topological polar surface area (TPSA) is 76.7 Å². The first kappa shape index (κ1) is 23.8. The largest absolute Gasteiger partial charge is 0.507 e. The fourth-order valence-corrected chi connectivity index (χ4v) is 4.14. The number of phenols is 1. The molecule has 0 bridgehead atoms. The molecule has 2 heterocycles. The summed E-state index contributed by atoms with van der Waals surface area (Å²) in [6.45, 7) is 11.9. The average Bonchev–Trinajstić information content (AvgIpc) is 2.71. The Bertz CT molecular complexity index is 1150. The summed E-state index contributed by atoms with van der Waals surface area (Å²) in [5.74, 6) is -0.147. The van der Waals surface area contributed by atoms with Crippen LogP contribution in [0, 0.1) is 5.92 Å². The van der Waals surface area contributed by atoms with Crippen LogP contribution in [-0.2, 0) is 12.8 Å². The minimum Gasteiger partial charge on any atom is -0.507 e. The lowest BCUT2D eigenvalue weighted by Gasteiger charge is -2.27. The van der Waals surface area contributed by atoms with Crippen LogP contribution in [0.2, 0.25) is 0 Å². The Morgan fingerprint density at radius 1 is 1.28 bits per heavy atom. The maximum atomic E-state index is 13.2. The third kappa shape index (κ3) is 4.82. The molecule has 0 saturated carbocycles. The lowest BCUT2D eigenvalue weighted by atomic mass is 9.88. The van der Waals surface area contributed by atoms with Crippen LogP contribution in [0.5, 0.6) is 11.5 Å². The number of allylic oxidation sites excluding steroid dienone is 4. The van der Waals surface area contributed by atoms with Gasteiger partial charge in [0.15, 0.2) is 11.4 Å². The molecule has 1 aliphatic rings. The van der Waals surface area contributed by atoms with Crippen molar-refractivity contribution < 1.29 is 19.1 Å². The van der Waals surface area contributed by atoms with E-state index in [1.165, 1.54) is 17.2 Å². The Morgan fingerprint density at radius 2 is 2.00 bits per heavy atom. The lowest BCUT2D eigenvalue weighted by molar-refractivity contribution is 0.0925. The molecule has 1 aromatic carbocycles. The van der Waals surface area contributed by atoms with Crippen molar-refractivity contribution in [3.8, 4) is 11.5 Å². The lowest BCUT2D eigenvalue weighted by Crippen LogP contribution is -2.23. The highest BCUT2D eigenvalue weighted by Crippen LogP contribution is 2.45. The van der Waals surface area contributed by atoms with Gasteiger partial charge in [-0.3, -0.25) is 4.79 Å². The van der Waals surface area contributed by atoms with Gasteiger partial charge in [0.05, 0.1) is 5.39 Å². The molecule has 3 rings (SSSR count). The van der Waals surface area contributed by atoms with Crippen LogP contribution in [0.25, 0.3) is 11.0 Å². The monoisotopic (exact) mass is 438 g/mol. The van der Waals surface area contributed by atoms with Crippen LogP contribution in [0.1, 0.15) is 82.3 Å². The van der Waals surface area contributed by atoms with Gasteiger partial charge in [0.25, 0.3) is 0 Å². The summed E-state index contributed by atoms with van der Waals surface area (Å²) in [4.78, 5) is 25.5. The Labute approximate surface area is 189 Å². The summed E-state index contributed by atoms with van der Waals surface area (Å²) in [7, 11) is 0.